The Morgan fingerprint density at radius 2 is 2.40 bits per heavy atom. The van der Waals surface area contributed by atoms with E-state index in [1.807, 2.05) is 0 Å². The predicted molar refractivity (Wildman–Crippen MR) is 54.5 cm³/mol. The molecule has 0 aromatic carbocycles. The second kappa shape index (κ2) is 4.93. The maximum atomic E-state index is 11.2. The van der Waals surface area contributed by atoms with Gasteiger partial charge in [-0.25, -0.2) is 4.79 Å². The van der Waals surface area contributed by atoms with E-state index in [1.165, 1.54) is 7.11 Å². The minimum atomic E-state index is -0.436. The molecule has 1 aromatic rings. The molecule has 1 rings (SSSR count). The van der Waals surface area contributed by atoms with Crippen molar-refractivity contribution in [3.05, 3.63) is 17.5 Å². The van der Waals surface area contributed by atoms with E-state index in [2.05, 4.69) is 9.84 Å². The van der Waals surface area contributed by atoms with Crippen LogP contribution in [0.25, 0.3) is 0 Å². The number of hydrogen-bond donors (Lipinski definition) is 1. The SMILES string of the molecule is COC(=O)c1cc(CCC(C)O)n(C)n1. The lowest BCUT2D eigenvalue weighted by atomic mass is 10.1. The molecule has 5 nitrogen and oxygen atoms in total. The van der Waals surface area contributed by atoms with E-state index in [0.717, 1.165) is 5.69 Å². The fraction of sp³-hybridized carbons (Fsp3) is 0.600. The highest BCUT2D eigenvalue weighted by Gasteiger charge is 2.12. The van der Waals surface area contributed by atoms with E-state index in [0.29, 0.717) is 18.5 Å². The molecule has 1 unspecified atom stereocenters. The minimum absolute atomic E-state index is 0.306. The zero-order valence-corrected chi connectivity index (χ0v) is 9.23. The minimum Gasteiger partial charge on any atom is -0.464 e. The number of rotatable bonds is 4. The van der Waals surface area contributed by atoms with Crippen molar-refractivity contribution in [3.63, 3.8) is 0 Å². The van der Waals surface area contributed by atoms with Crippen molar-refractivity contribution < 1.29 is 14.6 Å². The van der Waals surface area contributed by atoms with Crippen LogP contribution in [0.1, 0.15) is 29.5 Å². The second-order valence-electron chi connectivity index (χ2n) is 3.52. The van der Waals surface area contributed by atoms with Crippen molar-refractivity contribution in [1.29, 1.82) is 0 Å². The normalized spacial score (nSPS) is 12.5. The van der Waals surface area contributed by atoms with E-state index in [-0.39, 0.29) is 6.10 Å². The third kappa shape index (κ3) is 3.06. The molecule has 15 heavy (non-hydrogen) atoms. The Labute approximate surface area is 88.7 Å². The van der Waals surface area contributed by atoms with Gasteiger partial charge in [0.15, 0.2) is 5.69 Å². The Bertz CT molecular complexity index is 344. The lowest BCUT2D eigenvalue weighted by Gasteiger charge is -2.03. The van der Waals surface area contributed by atoms with Gasteiger partial charge >= 0.3 is 5.97 Å². The molecule has 0 radical (unpaired) electrons. The van der Waals surface area contributed by atoms with Crippen LogP contribution in [0.4, 0.5) is 0 Å². The molecule has 1 N–H and O–H groups in total. The van der Waals surface area contributed by atoms with Crippen LogP contribution in [0.5, 0.6) is 0 Å². The first kappa shape index (κ1) is 11.7. The van der Waals surface area contributed by atoms with Gasteiger partial charge in [-0.2, -0.15) is 5.10 Å². The molecular weight excluding hydrogens is 196 g/mol. The molecule has 0 aliphatic rings. The van der Waals surface area contributed by atoms with Crippen LogP contribution in [0.15, 0.2) is 6.07 Å². The number of ether oxygens (including phenoxy) is 1. The summed E-state index contributed by atoms with van der Waals surface area (Å²) in [6.07, 6.45) is 1.000. The first-order valence-corrected chi connectivity index (χ1v) is 4.84. The van der Waals surface area contributed by atoms with Crippen LogP contribution in [0.3, 0.4) is 0 Å². The third-order valence-corrected chi connectivity index (χ3v) is 2.19. The summed E-state index contributed by atoms with van der Waals surface area (Å²) in [6.45, 7) is 1.73. The highest BCUT2D eigenvalue weighted by atomic mass is 16.5. The standard InChI is InChI=1S/C10H16N2O3/c1-7(13)4-5-8-6-9(10(14)15-3)11-12(8)2/h6-7,13H,4-5H2,1-3H3. The summed E-state index contributed by atoms with van der Waals surface area (Å²) in [5, 5.41) is 13.2. The van der Waals surface area contributed by atoms with Gasteiger partial charge in [0.1, 0.15) is 0 Å². The van der Waals surface area contributed by atoms with Gasteiger partial charge in [-0.15, -0.1) is 0 Å². The monoisotopic (exact) mass is 212 g/mol. The molecule has 1 heterocycles. The van der Waals surface area contributed by atoms with Crippen LogP contribution in [0, 0.1) is 0 Å². The molecular formula is C10H16N2O3. The first-order valence-electron chi connectivity index (χ1n) is 4.84. The molecule has 1 aromatic heterocycles. The first-order chi connectivity index (χ1) is 7.04. The topological polar surface area (TPSA) is 64.3 Å². The van der Waals surface area contributed by atoms with Crippen molar-refractivity contribution in [2.24, 2.45) is 7.05 Å². The molecule has 0 bridgehead atoms. The van der Waals surface area contributed by atoms with Gasteiger partial charge in [-0.05, 0) is 25.8 Å². The zero-order chi connectivity index (χ0) is 11.4. The second-order valence-corrected chi connectivity index (χ2v) is 3.52. The van der Waals surface area contributed by atoms with Gasteiger partial charge < -0.3 is 9.84 Å². The van der Waals surface area contributed by atoms with E-state index in [4.69, 9.17) is 5.11 Å². The number of aromatic nitrogens is 2. The molecule has 0 fully saturated rings. The molecule has 84 valence electrons. The number of aliphatic hydroxyl groups excluding tert-OH is 1. The van der Waals surface area contributed by atoms with Crippen molar-refractivity contribution in [2.75, 3.05) is 7.11 Å². The average molecular weight is 212 g/mol. The van der Waals surface area contributed by atoms with Crippen molar-refractivity contribution in [3.8, 4) is 0 Å². The average Bonchev–Trinajstić information content (AvgIpc) is 2.55. The molecule has 0 saturated carbocycles. The number of carbonyl (C=O) groups is 1. The zero-order valence-electron chi connectivity index (χ0n) is 9.23. The summed E-state index contributed by atoms with van der Waals surface area (Å²) in [5.74, 6) is -0.436. The quantitative estimate of drug-likeness (QED) is 0.739. The van der Waals surface area contributed by atoms with Gasteiger partial charge in [0.25, 0.3) is 0 Å². The highest BCUT2D eigenvalue weighted by molar-refractivity contribution is 5.87. The maximum Gasteiger partial charge on any atom is 0.358 e. The van der Waals surface area contributed by atoms with E-state index in [9.17, 15) is 4.79 Å². The Morgan fingerprint density at radius 1 is 1.73 bits per heavy atom. The number of nitrogens with zero attached hydrogens (tertiary/aromatic N) is 2. The third-order valence-electron chi connectivity index (χ3n) is 2.19. The number of methoxy groups -OCH3 is 1. The van der Waals surface area contributed by atoms with Gasteiger partial charge in [0.2, 0.25) is 0 Å². The molecule has 0 aliphatic heterocycles. The Morgan fingerprint density at radius 3 is 2.93 bits per heavy atom. The van der Waals surface area contributed by atoms with E-state index in [1.54, 1.807) is 24.7 Å². The summed E-state index contributed by atoms with van der Waals surface area (Å²) in [5.41, 5.74) is 1.22. The van der Waals surface area contributed by atoms with Crippen LogP contribution in [-0.4, -0.2) is 34.1 Å². The summed E-state index contributed by atoms with van der Waals surface area (Å²) in [4.78, 5) is 11.2. The van der Waals surface area contributed by atoms with E-state index >= 15 is 0 Å². The summed E-state index contributed by atoms with van der Waals surface area (Å²) < 4.78 is 6.20. The molecule has 5 heteroatoms. The molecule has 0 amide bonds. The number of aliphatic hydroxyl groups is 1. The van der Waals surface area contributed by atoms with E-state index < -0.39 is 5.97 Å². The Hall–Kier alpha value is -1.36. The predicted octanol–water partition coefficient (Wildman–Crippen LogP) is 0.520. The molecule has 0 saturated heterocycles. The smallest absolute Gasteiger partial charge is 0.358 e. The van der Waals surface area contributed by atoms with Gasteiger partial charge in [0, 0.05) is 12.7 Å². The molecule has 1 atom stereocenters. The fourth-order valence-electron chi connectivity index (χ4n) is 1.30. The van der Waals surface area contributed by atoms with Gasteiger partial charge in [-0.3, -0.25) is 4.68 Å². The summed E-state index contributed by atoms with van der Waals surface area (Å²) in [6, 6.07) is 1.69. The largest absolute Gasteiger partial charge is 0.464 e. The number of hydrogen-bond acceptors (Lipinski definition) is 4. The van der Waals surface area contributed by atoms with Crippen LogP contribution >= 0.6 is 0 Å². The Balaban J connectivity index is 2.73. The number of aryl methyl sites for hydroxylation is 2. The van der Waals surface area contributed by atoms with Crippen LogP contribution in [0.2, 0.25) is 0 Å². The molecule has 0 spiro atoms. The lowest BCUT2D eigenvalue weighted by molar-refractivity contribution is 0.0593. The van der Waals surface area contributed by atoms with Crippen molar-refractivity contribution in [2.45, 2.75) is 25.9 Å². The van der Waals surface area contributed by atoms with Crippen molar-refractivity contribution in [1.82, 2.24) is 9.78 Å². The fourth-order valence-corrected chi connectivity index (χ4v) is 1.30. The van der Waals surface area contributed by atoms with Gasteiger partial charge in [0.05, 0.1) is 13.2 Å². The maximum absolute atomic E-state index is 11.2. The lowest BCUT2D eigenvalue weighted by Crippen LogP contribution is -2.05. The molecule has 0 aliphatic carbocycles. The summed E-state index contributed by atoms with van der Waals surface area (Å²) in [7, 11) is 3.09. The van der Waals surface area contributed by atoms with Crippen LogP contribution < -0.4 is 0 Å². The van der Waals surface area contributed by atoms with Crippen LogP contribution in [-0.2, 0) is 18.2 Å². The highest BCUT2D eigenvalue weighted by Crippen LogP contribution is 2.08. The number of carbonyl (C=O) groups excluding carboxylic acids is 1. The summed E-state index contributed by atoms with van der Waals surface area (Å²) >= 11 is 0. The van der Waals surface area contributed by atoms with Crippen molar-refractivity contribution >= 4 is 5.97 Å². The number of esters is 1. The van der Waals surface area contributed by atoms with Gasteiger partial charge in [-0.1, -0.05) is 0 Å². The Kier molecular flexibility index (Phi) is 3.85.